The number of amides is 2. The lowest BCUT2D eigenvalue weighted by Gasteiger charge is -2.24. The Kier molecular flexibility index (Phi) is 5.30. The molecule has 1 atom stereocenters. The summed E-state index contributed by atoms with van der Waals surface area (Å²) in [7, 11) is 0. The molecule has 1 aromatic heterocycles. The Morgan fingerprint density at radius 2 is 2.17 bits per heavy atom. The summed E-state index contributed by atoms with van der Waals surface area (Å²) in [6.45, 7) is 4.24. The van der Waals surface area contributed by atoms with Crippen LogP contribution in [-0.2, 0) is 4.74 Å². The minimum absolute atomic E-state index is 0.0481. The molecule has 0 spiro atoms. The van der Waals surface area contributed by atoms with Gasteiger partial charge in [-0.3, -0.25) is 4.98 Å². The SMILES string of the molecule is Cc1cc(NC(=O)Nc2cccc(Cl)c2)cnc1[C@H]1CNCCO1. The Bertz CT molecular complexity index is 732. The third kappa shape index (κ3) is 4.23. The van der Waals surface area contributed by atoms with Crippen LogP contribution in [0.2, 0.25) is 5.02 Å². The van der Waals surface area contributed by atoms with E-state index in [0.29, 0.717) is 23.0 Å². The van der Waals surface area contributed by atoms with E-state index in [9.17, 15) is 4.79 Å². The lowest BCUT2D eigenvalue weighted by atomic mass is 10.1. The molecule has 0 bridgehead atoms. The van der Waals surface area contributed by atoms with Gasteiger partial charge in [-0.2, -0.15) is 0 Å². The highest BCUT2D eigenvalue weighted by atomic mass is 35.5. The van der Waals surface area contributed by atoms with Crippen LogP contribution < -0.4 is 16.0 Å². The first-order chi connectivity index (χ1) is 11.6. The number of rotatable bonds is 3. The number of morpholine rings is 1. The maximum Gasteiger partial charge on any atom is 0.323 e. The van der Waals surface area contributed by atoms with E-state index in [2.05, 4.69) is 20.9 Å². The van der Waals surface area contributed by atoms with Crippen molar-refractivity contribution in [3.63, 3.8) is 0 Å². The number of carbonyl (C=O) groups excluding carboxylic acids is 1. The second kappa shape index (κ2) is 7.61. The number of pyridine rings is 1. The maximum absolute atomic E-state index is 12.1. The van der Waals surface area contributed by atoms with Crippen molar-refractivity contribution in [2.75, 3.05) is 30.3 Å². The van der Waals surface area contributed by atoms with E-state index in [1.54, 1.807) is 30.5 Å². The van der Waals surface area contributed by atoms with Crippen molar-refractivity contribution in [2.45, 2.75) is 13.0 Å². The van der Waals surface area contributed by atoms with Crippen LogP contribution in [0.15, 0.2) is 36.5 Å². The number of ether oxygens (including phenoxy) is 1. The minimum Gasteiger partial charge on any atom is -0.369 e. The topological polar surface area (TPSA) is 75.3 Å². The molecule has 7 heteroatoms. The Hall–Kier alpha value is -2.15. The van der Waals surface area contributed by atoms with Crippen LogP contribution >= 0.6 is 11.6 Å². The fourth-order valence-corrected chi connectivity index (χ4v) is 2.78. The summed E-state index contributed by atoms with van der Waals surface area (Å²) in [5, 5.41) is 9.35. The number of aryl methyl sites for hydroxylation is 1. The van der Waals surface area contributed by atoms with Crippen LogP contribution in [0.5, 0.6) is 0 Å². The van der Waals surface area contributed by atoms with Crippen molar-refractivity contribution >= 4 is 29.0 Å². The Labute approximate surface area is 145 Å². The summed E-state index contributed by atoms with van der Waals surface area (Å²) in [5.74, 6) is 0. The predicted octanol–water partition coefficient (Wildman–Crippen LogP) is 3.35. The Morgan fingerprint density at radius 3 is 2.88 bits per heavy atom. The third-order valence-electron chi connectivity index (χ3n) is 3.69. The number of anilines is 2. The molecule has 1 fully saturated rings. The molecule has 0 saturated carbocycles. The first kappa shape index (κ1) is 16.7. The molecule has 1 saturated heterocycles. The zero-order chi connectivity index (χ0) is 16.9. The van der Waals surface area contributed by atoms with Crippen molar-refractivity contribution in [2.24, 2.45) is 0 Å². The van der Waals surface area contributed by atoms with Gasteiger partial charge in [-0.1, -0.05) is 17.7 Å². The summed E-state index contributed by atoms with van der Waals surface area (Å²) < 4.78 is 5.72. The molecule has 2 amide bonds. The van der Waals surface area contributed by atoms with Crippen LogP contribution in [0, 0.1) is 6.92 Å². The van der Waals surface area contributed by atoms with E-state index in [-0.39, 0.29) is 12.1 Å². The summed E-state index contributed by atoms with van der Waals surface area (Å²) in [6.07, 6.45) is 1.59. The average molecular weight is 347 g/mol. The van der Waals surface area contributed by atoms with Gasteiger partial charge in [0, 0.05) is 23.8 Å². The van der Waals surface area contributed by atoms with E-state index in [4.69, 9.17) is 16.3 Å². The van der Waals surface area contributed by atoms with E-state index in [1.807, 2.05) is 13.0 Å². The fraction of sp³-hybridized carbons (Fsp3) is 0.294. The van der Waals surface area contributed by atoms with Crippen LogP contribution in [0.25, 0.3) is 0 Å². The first-order valence-corrected chi connectivity index (χ1v) is 8.12. The average Bonchev–Trinajstić information content (AvgIpc) is 2.55. The monoisotopic (exact) mass is 346 g/mol. The van der Waals surface area contributed by atoms with E-state index < -0.39 is 0 Å². The van der Waals surface area contributed by atoms with Crippen molar-refractivity contribution in [3.8, 4) is 0 Å². The Balaban J connectivity index is 1.64. The molecule has 1 aromatic carbocycles. The molecule has 0 aliphatic carbocycles. The number of urea groups is 1. The number of nitrogens with one attached hydrogen (secondary N) is 3. The van der Waals surface area contributed by atoms with Gasteiger partial charge in [0.15, 0.2) is 0 Å². The highest BCUT2D eigenvalue weighted by Gasteiger charge is 2.19. The van der Waals surface area contributed by atoms with Crippen molar-refractivity contribution < 1.29 is 9.53 Å². The van der Waals surface area contributed by atoms with Gasteiger partial charge >= 0.3 is 6.03 Å². The van der Waals surface area contributed by atoms with E-state index >= 15 is 0 Å². The molecule has 3 rings (SSSR count). The molecule has 3 N–H and O–H groups in total. The molecule has 0 unspecified atom stereocenters. The smallest absolute Gasteiger partial charge is 0.323 e. The van der Waals surface area contributed by atoms with E-state index in [1.165, 1.54) is 0 Å². The van der Waals surface area contributed by atoms with E-state index in [0.717, 1.165) is 24.3 Å². The van der Waals surface area contributed by atoms with Crippen LogP contribution in [0.4, 0.5) is 16.2 Å². The zero-order valence-electron chi connectivity index (χ0n) is 13.3. The normalized spacial score (nSPS) is 17.3. The number of halogens is 1. The minimum atomic E-state index is -0.346. The number of aromatic nitrogens is 1. The van der Waals surface area contributed by atoms with Gasteiger partial charge in [0.25, 0.3) is 0 Å². The van der Waals surface area contributed by atoms with Crippen LogP contribution in [-0.4, -0.2) is 30.7 Å². The molecule has 2 heterocycles. The summed E-state index contributed by atoms with van der Waals surface area (Å²) in [4.78, 5) is 16.5. The van der Waals surface area contributed by atoms with Crippen LogP contribution in [0.3, 0.4) is 0 Å². The summed E-state index contributed by atoms with van der Waals surface area (Å²) in [5.41, 5.74) is 3.12. The summed E-state index contributed by atoms with van der Waals surface area (Å²) >= 11 is 5.90. The highest BCUT2D eigenvalue weighted by molar-refractivity contribution is 6.30. The van der Waals surface area contributed by atoms with Gasteiger partial charge in [0.05, 0.1) is 24.2 Å². The number of hydrogen-bond donors (Lipinski definition) is 3. The first-order valence-electron chi connectivity index (χ1n) is 7.74. The van der Waals surface area contributed by atoms with Crippen molar-refractivity contribution in [3.05, 3.63) is 52.8 Å². The third-order valence-corrected chi connectivity index (χ3v) is 3.93. The molecule has 1 aliphatic heterocycles. The molecule has 126 valence electrons. The molecular weight excluding hydrogens is 328 g/mol. The molecule has 0 radical (unpaired) electrons. The number of benzene rings is 1. The second-order valence-corrected chi connectivity index (χ2v) is 6.02. The number of carbonyl (C=O) groups is 1. The fourth-order valence-electron chi connectivity index (χ4n) is 2.59. The standard InChI is InChI=1S/C17H19ClN4O2/c1-11-7-14(9-20-16(11)15-10-19-5-6-24-15)22-17(23)21-13-4-2-3-12(18)8-13/h2-4,7-9,15,19H,5-6,10H2,1H3,(H2,21,22,23)/t15-/m1/s1. The van der Waals surface area contributed by atoms with Gasteiger partial charge in [0.2, 0.25) is 0 Å². The molecular formula is C17H19ClN4O2. The molecule has 24 heavy (non-hydrogen) atoms. The zero-order valence-corrected chi connectivity index (χ0v) is 14.1. The molecule has 1 aliphatic rings. The summed E-state index contributed by atoms with van der Waals surface area (Å²) in [6, 6.07) is 8.52. The predicted molar refractivity (Wildman–Crippen MR) is 94.6 cm³/mol. The lowest BCUT2D eigenvalue weighted by Crippen LogP contribution is -2.34. The van der Waals surface area contributed by atoms with Crippen molar-refractivity contribution in [1.29, 1.82) is 0 Å². The number of hydrogen-bond acceptors (Lipinski definition) is 4. The van der Waals surface area contributed by atoms with Gasteiger partial charge < -0.3 is 20.7 Å². The number of nitrogens with zero attached hydrogens (tertiary/aromatic N) is 1. The molecule has 6 nitrogen and oxygen atoms in total. The highest BCUT2D eigenvalue weighted by Crippen LogP contribution is 2.22. The quantitative estimate of drug-likeness (QED) is 0.796. The van der Waals surface area contributed by atoms with Gasteiger partial charge in [-0.05, 0) is 36.8 Å². The van der Waals surface area contributed by atoms with Crippen LogP contribution in [0.1, 0.15) is 17.4 Å². The van der Waals surface area contributed by atoms with Gasteiger partial charge in [0.1, 0.15) is 6.10 Å². The largest absolute Gasteiger partial charge is 0.369 e. The lowest BCUT2D eigenvalue weighted by molar-refractivity contribution is 0.0246. The van der Waals surface area contributed by atoms with Gasteiger partial charge in [-0.15, -0.1) is 0 Å². The second-order valence-electron chi connectivity index (χ2n) is 5.58. The maximum atomic E-state index is 12.1. The van der Waals surface area contributed by atoms with Crippen molar-refractivity contribution in [1.82, 2.24) is 10.3 Å². The van der Waals surface area contributed by atoms with Gasteiger partial charge in [-0.25, -0.2) is 4.79 Å². The Morgan fingerprint density at radius 1 is 1.33 bits per heavy atom. The molecule has 2 aromatic rings.